The molecule has 0 spiro atoms. The number of aromatic nitrogens is 2. The summed E-state index contributed by atoms with van der Waals surface area (Å²) in [6, 6.07) is 9.96. The third-order valence-electron chi connectivity index (χ3n) is 6.42. The minimum atomic E-state index is -1.01. The molecule has 2 aromatic rings. The average Bonchev–Trinajstić information content (AvgIpc) is 3.27. The molecule has 9 nitrogen and oxygen atoms in total. The molecule has 34 heavy (non-hydrogen) atoms. The predicted molar refractivity (Wildman–Crippen MR) is 126 cm³/mol. The number of benzene rings is 1. The summed E-state index contributed by atoms with van der Waals surface area (Å²) in [6.45, 7) is 3.64. The molecule has 9 heteroatoms. The van der Waals surface area contributed by atoms with Crippen LogP contribution in [-0.4, -0.2) is 88.5 Å². The van der Waals surface area contributed by atoms with E-state index in [0.717, 1.165) is 17.5 Å². The van der Waals surface area contributed by atoms with Gasteiger partial charge in [0.25, 0.3) is 0 Å². The summed E-state index contributed by atoms with van der Waals surface area (Å²) in [5.74, 6) is 0.279. The molecule has 0 aliphatic carbocycles. The third-order valence-corrected chi connectivity index (χ3v) is 6.42. The van der Waals surface area contributed by atoms with Crippen LogP contribution in [0.5, 0.6) is 0 Å². The van der Waals surface area contributed by atoms with Crippen molar-refractivity contribution in [2.45, 2.75) is 25.5 Å². The molecule has 0 N–H and O–H groups in total. The van der Waals surface area contributed by atoms with Crippen LogP contribution in [0.15, 0.2) is 48.8 Å². The summed E-state index contributed by atoms with van der Waals surface area (Å²) in [5, 5.41) is 0. The van der Waals surface area contributed by atoms with Gasteiger partial charge in [-0.25, -0.2) is 9.97 Å². The van der Waals surface area contributed by atoms with E-state index in [4.69, 9.17) is 4.74 Å². The van der Waals surface area contributed by atoms with E-state index in [0.29, 0.717) is 44.8 Å². The van der Waals surface area contributed by atoms with E-state index in [9.17, 15) is 14.4 Å². The van der Waals surface area contributed by atoms with Crippen molar-refractivity contribution < 1.29 is 19.1 Å². The summed E-state index contributed by atoms with van der Waals surface area (Å²) in [5.41, 5.74) is 2.30. The quantitative estimate of drug-likeness (QED) is 0.351. The number of amides is 2. The van der Waals surface area contributed by atoms with Gasteiger partial charge < -0.3 is 14.5 Å². The molecule has 1 atom stereocenters. The second-order valence-electron chi connectivity index (χ2n) is 8.69. The Kier molecular flexibility index (Phi) is 7.02. The highest BCUT2D eigenvalue weighted by atomic mass is 16.6. The number of likely N-dealkylation sites (tertiary alicyclic amines) is 1. The summed E-state index contributed by atoms with van der Waals surface area (Å²) in [7, 11) is 1.59. The van der Waals surface area contributed by atoms with Crippen LogP contribution >= 0.6 is 0 Å². The Morgan fingerprint density at radius 2 is 1.85 bits per heavy atom. The van der Waals surface area contributed by atoms with Crippen LogP contribution in [0, 0.1) is 0 Å². The summed E-state index contributed by atoms with van der Waals surface area (Å²) in [4.78, 5) is 49.5. The van der Waals surface area contributed by atoms with E-state index in [-0.39, 0.29) is 12.5 Å². The van der Waals surface area contributed by atoms with Gasteiger partial charge in [0.2, 0.25) is 18.0 Å². The van der Waals surface area contributed by atoms with E-state index in [1.54, 1.807) is 25.5 Å². The maximum absolute atomic E-state index is 12.9. The lowest BCUT2D eigenvalue weighted by molar-refractivity contribution is -0.177. The fourth-order valence-corrected chi connectivity index (χ4v) is 4.51. The number of carbonyl (C=O) groups is 3. The zero-order chi connectivity index (χ0) is 24.1. The molecule has 4 rings (SSSR count). The Morgan fingerprint density at radius 1 is 1.15 bits per heavy atom. The minimum absolute atomic E-state index is 0.0271. The highest BCUT2D eigenvalue weighted by molar-refractivity contribution is 5.80. The highest BCUT2D eigenvalue weighted by Gasteiger charge is 2.45. The van der Waals surface area contributed by atoms with E-state index >= 15 is 0 Å². The fourth-order valence-electron chi connectivity index (χ4n) is 4.51. The lowest BCUT2D eigenvalue weighted by Gasteiger charge is -2.35. The van der Waals surface area contributed by atoms with Gasteiger partial charge >= 0.3 is 5.97 Å². The Labute approximate surface area is 199 Å². The largest absolute Gasteiger partial charge is 0.438 e. The summed E-state index contributed by atoms with van der Waals surface area (Å²) < 4.78 is 5.48. The van der Waals surface area contributed by atoms with Gasteiger partial charge in [0.05, 0.1) is 13.1 Å². The standard InChI is InChI=1S/C25H29N5O4/c1-19(32)34-25(28(2)18-31)10-15-29(17-25)16-23(33)30-13-8-21(9-14-30)20-4-6-22(7-5-20)24-26-11-3-12-27-24/h3-8,11-12,18H,9-10,13-17H2,1-2H3. The second-order valence-corrected chi connectivity index (χ2v) is 8.69. The lowest BCUT2D eigenvalue weighted by Crippen LogP contribution is -2.52. The van der Waals surface area contributed by atoms with Gasteiger partial charge in [-0.15, -0.1) is 0 Å². The van der Waals surface area contributed by atoms with Crippen molar-refractivity contribution in [3.8, 4) is 11.4 Å². The van der Waals surface area contributed by atoms with Gasteiger partial charge in [-0.05, 0) is 23.6 Å². The Morgan fingerprint density at radius 3 is 2.47 bits per heavy atom. The van der Waals surface area contributed by atoms with E-state index < -0.39 is 11.7 Å². The van der Waals surface area contributed by atoms with Crippen molar-refractivity contribution in [1.29, 1.82) is 0 Å². The van der Waals surface area contributed by atoms with Crippen LogP contribution < -0.4 is 0 Å². The maximum Gasteiger partial charge on any atom is 0.304 e. The number of nitrogens with zero attached hydrogens (tertiary/aromatic N) is 5. The fraction of sp³-hybridized carbons (Fsp3) is 0.400. The molecule has 1 unspecified atom stereocenters. The van der Waals surface area contributed by atoms with Gasteiger partial charge in [0.15, 0.2) is 5.82 Å². The number of esters is 1. The van der Waals surface area contributed by atoms with Crippen molar-refractivity contribution >= 4 is 23.9 Å². The molecule has 0 saturated carbocycles. The van der Waals surface area contributed by atoms with Crippen molar-refractivity contribution in [1.82, 2.24) is 24.7 Å². The number of rotatable bonds is 7. The molecule has 0 bridgehead atoms. The van der Waals surface area contributed by atoms with E-state index in [1.807, 2.05) is 21.9 Å². The summed E-state index contributed by atoms with van der Waals surface area (Å²) >= 11 is 0. The first kappa shape index (κ1) is 23.6. The SMILES string of the molecule is CC(=O)OC1(N(C)C=O)CCN(CC(=O)N2CC=C(c3ccc(-c4ncccn4)cc3)CC2)C1. The average molecular weight is 464 g/mol. The number of likely N-dealkylation sites (N-methyl/N-ethyl adjacent to an activating group) is 1. The number of carbonyl (C=O) groups excluding carboxylic acids is 3. The van der Waals surface area contributed by atoms with Gasteiger partial charge in [0.1, 0.15) is 0 Å². The lowest BCUT2D eigenvalue weighted by atomic mass is 9.98. The van der Waals surface area contributed by atoms with Crippen molar-refractivity contribution in [2.24, 2.45) is 0 Å². The molecule has 1 saturated heterocycles. The van der Waals surface area contributed by atoms with Crippen LogP contribution in [0.3, 0.4) is 0 Å². The summed E-state index contributed by atoms with van der Waals surface area (Å²) in [6.07, 6.45) is 7.46. The Bertz CT molecular complexity index is 1070. The first-order chi connectivity index (χ1) is 16.4. The molecule has 1 aromatic carbocycles. The van der Waals surface area contributed by atoms with Crippen molar-refractivity contribution in [3.05, 3.63) is 54.4 Å². The highest BCUT2D eigenvalue weighted by Crippen LogP contribution is 2.29. The number of hydrogen-bond acceptors (Lipinski definition) is 7. The molecular weight excluding hydrogens is 434 g/mol. The van der Waals surface area contributed by atoms with Crippen LogP contribution in [0.4, 0.5) is 0 Å². The van der Waals surface area contributed by atoms with Crippen LogP contribution in [0.25, 0.3) is 17.0 Å². The van der Waals surface area contributed by atoms with Crippen LogP contribution in [-0.2, 0) is 19.1 Å². The topological polar surface area (TPSA) is 95.9 Å². The molecule has 2 aliphatic heterocycles. The first-order valence-electron chi connectivity index (χ1n) is 11.3. The van der Waals surface area contributed by atoms with E-state index in [1.165, 1.54) is 17.4 Å². The Hall–Kier alpha value is -3.59. The van der Waals surface area contributed by atoms with Crippen LogP contribution in [0.1, 0.15) is 25.3 Å². The molecule has 1 aromatic heterocycles. The normalized spacial score (nSPS) is 20.5. The smallest absolute Gasteiger partial charge is 0.304 e. The van der Waals surface area contributed by atoms with Gasteiger partial charge in [-0.3, -0.25) is 19.3 Å². The molecule has 178 valence electrons. The second kappa shape index (κ2) is 10.1. The van der Waals surface area contributed by atoms with Crippen molar-refractivity contribution in [2.75, 3.05) is 39.8 Å². The van der Waals surface area contributed by atoms with Gasteiger partial charge in [0, 0.05) is 58.0 Å². The third kappa shape index (κ3) is 5.14. The molecule has 3 heterocycles. The first-order valence-corrected chi connectivity index (χ1v) is 11.3. The van der Waals surface area contributed by atoms with Gasteiger partial charge in [-0.2, -0.15) is 0 Å². The zero-order valence-electron chi connectivity index (χ0n) is 19.5. The minimum Gasteiger partial charge on any atom is -0.438 e. The number of ether oxygens (including phenoxy) is 1. The molecular formula is C25H29N5O4. The zero-order valence-corrected chi connectivity index (χ0v) is 19.5. The Balaban J connectivity index is 1.34. The molecule has 2 amide bonds. The molecule has 1 fully saturated rings. The maximum atomic E-state index is 12.9. The van der Waals surface area contributed by atoms with Crippen molar-refractivity contribution in [3.63, 3.8) is 0 Å². The monoisotopic (exact) mass is 463 g/mol. The molecule has 2 aliphatic rings. The van der Waals surface area contributed by atoms with E-state index in [2.05, 4.69) is 28.2 Å². The van der Waals surface area contributed by atoms with Crippen LogP contribution in [0.2, 0.25) is 0 Å². The van der Waals surface area contributed by atoms with Gasteiger partial charge in [-0.1, -0.05) is 30.3 Å². The molecule has 0 radical (unpaired) electrons. The number of hydrogen-bond donors (Lipinski definition) is 0. The predicted octanol–water partition coefficient (Wildman–Crippen LogP) is 1.81.